The number of aliphatic hydroxyl groups excluding tert-OH is 1. The zero-order valence-corrected chi connectivity index (χ0v) is 14.7. The number of hydrogen-bond acceptors (Lipinski definition) is 2. The number of aliphatic imine (C=N–C) groups is 1. The maximum atomic E-state index is 12.8. The van der Waals surface area contributed by atoms with Crippen LogP contribution in [0.3, 0.4) is 0 Å². The van der Waals surface area contributed by atoms with Crippen LogP contribution in [-0.4, -0.2) is 24.2 Å². The van der Waals surface area contributed by atoms with Gasteiger partial charge in [0.05, 0.1) is 12.6 Å². The molecule has 0 aliphatic heterocycles. The van der Waals surface area contributed by atoms with Crippen LogP contribution in [0.4, 0.5) is 4.39 Å². The number of benzene rings is 1. The van der Waals surface area contributed by atoms with E-state index in [1.807, 2.05) is 0 Å². The third-order valence-corrected chi connectivity index (χ3v) is 3.03. The minimum atomic E-state index is -0.768. The predicted octanol–water partition coefficient (Wildman–Crippen LogP) is 2.96. The maximum absolute atomic E-state index is 12.8. The van der Waals surface area contributed by atoms with E-state index in [0.717, 1.165) is 13.0 Å². The van der Waals surface area contributed by atoms with Crippen LogP contribution in [0.5, 0.6) is 0 Å². The summed E-state index contributed by atoms with van der Waals surface area (Å²) in [5.74, 6) is 0.0142. The average molecular weight is 409 g/mol. The van der Waals surface area contributed by atoms with Crippen molar-refractivity contribution in [3.8, 4) is 0 Å². The van der Waals surface area contributed by atoms with Crippen molar-refractivity contribution in [2.24, 2.45) is 10.7 Å². The first kappa shape index (κ1) is 20.1. The molecule has 0 radical (unpaired) electrons. The Labute approximate surface area is 143 Å². The molecule has 4 N–H and O–H groups in total. The molecule has 0 fully saturated rings. The summed E-state index contributed by atoms with van der Waals surface area (Å²) in [4.78, 5) is 4.08. The van der Waals surface area contributed by atoms with Gasteiger partial charge >= 0.3 is 0 Å². The second-order valence-electron chi connectivity index (χ2n) is 4.78. The van der Waals surface area contributed by atoms with Gasteiger partial charge in [0, 0.05) is 6.54 Å². The SMILES string of the molecule is CCCCCCNC(N)=NCC(O)c1ccc(F)cc1.I. The van der Waals surface area contributed by atoms with Gasteiger partial charge in [-0.25, -0.2) is 4.39 Å². The molecule has 21 heavy (non-hydrogen) atoms. The number of nitrogens with zero attached hydrogens (tertiary/aromatic N) is 1. The molecule has 0 spiro atoms. The van der Waals surface area contributed by atoms with Crippen molar-refractivity contribution >= 4 is 29.9 Å². The smallest absolute Gasteiger partial charge is 0.188 e. The van der Waals surface area contributed by atoms with Crippen molar-refractivity contribution in [2.45, 2.75) is 38.7 Å². The summed E-state index contributed by atoms with van der Waals surface area (Å²) in [5, 5.41) is 12.9. The van der Waals surface area contributed by atoms with E-state index in [4.69, 9.17) is 5.73 Å². The van der Waals surface area contributed by atoms with Gasteiger partial charge in [-0.3, -0.25) is 4.99 Å². The molecule has 1 atom stereocenters. The summed E-state index contributed by atoms with van der Waals surface area (Å²) in [6, 6.07) is 5.73. The summed E-state index contributed by atoms with van der Waals surface area (Å²) in [7, 11) is 0. The minimum absolute atomic E-state index is 0. The molecule has 4 nitrogen and oxygen atoms in total. The molecular formula is C15H25FIN3O. The zero-order valence-electron chi connectivity index (χ0n) is 12.4. The van der Waals surface area contributed by atoms with Crippen LogP contribution >= 0.6 is 24.0 Å². The lowest BCUT2D eigenvalue weighted by Crippen LogP contribution is -2.32. The van der Waals surface area contributed by atoms with E-state index in [-0.39, 0.29) is 36.3 Å². The lowest BCUT2D eigenvalue weighted by atomic mass is 10.1. The third kappa shape index (κ3) is 8.87. The van der Waals surface area contributed by atoms with Crippen LogP contribution in [-0.2, 0) is 0 Å². The summed E-state index contributed by atoms with van der Waals surface area (Å²) < 4.78 is 12.8. The summed E-state index contributed by atoms with van der Waals surface area (Å²) >= 11 is 0. The minimum Gasteiger partial charge on any atom is -0.386 e. The van der Waals surface area contributed by atoms with Gasteiger partial charge in [0.1, 0.15) is 5.82 Å². The van der Waals surface area contributed by atoms with Crippen molar-refractivity contribution < 1.29 is 9.50 Å². The number of aliphatic hydroxyl groups is 1. The highest BCUT2D eigenvalue weighted by Gasteiger charge is 2.06. The van der Waals surface area contributed by atoms with E-state index in [9.17, 15) is 9.50 Å². The highest BCUT2D eigenvalue weighted by molar-refractivity contribution is 14.0. The molecular weight excluding hydrogens is 384 g/mol. The Balaban J connectivity index is 0.00000400. The van der Waals surface area contributed by atoms with Crippen molar-refractivity contribution in [2.75, 3.05) is 13.1 Å². The fraction of sp³-hybridized carbons (Fsp3) is 0.533. The standard InChI is InChI=1S/C15H24FN3O.HI/c1-2-3-4-5-10-18-15(17)19-11-14(20)12-6-8-13(16)9-7-12;/h6-9,14,20H,2-5,10-11H2,1H3,(H3,17,18,19);1H. The number of nitrogens with one attached hydrogen (secondary N) is 1. The first-order chi connectivity index (χ1) is 9.63. The van der Waals surface area contributed by atoms with Crippen LogP contribution in [0.2, 0.25) is 0 Å². The van der Waals surface area contributed by atoms with Gasteiger partial charge in [-0.2, -0.15) is 0 Å². The Morgan fingerprint density at radius 1 is 1.29 bits per heavy atom. The lowest BCUT2D eigenvalue weighted by molar-refractivity contribution is 0.187. The molecule has 120 valence electrons. The molecule has 0 heterocycles. The van der Waals surface area contributed by atoms with Crippen molar-refractivity contribution in [1.29, 1.82) is 0 Å². The van der Waals surface area contributed by atoms with Crippen LogP contribution in [0.1, 0.15) is 44.3 Å². The number of hydrogen-bond donors (Lipinski definition) is 3. The zero-order chi connectivity index (χ0) is 14.8. The summed E-state index contributed by atoms with van der Waals surface area (Å²) in [6.07, 6.45) is 3.89. The van der Waals surface area contributed by atoms with E-state index in [2.05, 4.69) is 17.2 Å². The van der Waals surface area contributed by atoms with E-state index >= 15 is 0 Å². The first-order valence-electron chi connectivity index (χ1n) is 7.10. The Bertz CT molecular complexity index is 412. The van der Waals surface area contributed by atoms with E-state index in [0.29, 0.717) is 11.5 Å². The van der Waals surface area contributed by atoms with Crippen LogP contribution in [0.25, 0.3) is 0 Å². The van der Waals surface area contributed by atoms with Crippen molar-refractivity contribution in [1.82, 2.24) is 5.32 Å². The van der Waals surface area contributed by atoms with Crippen molar-refractivity contribution in [3.05, 3.63) is 35.6 Å². The number of rotatable bonds is 8. The van der Waals surface area contributed by atoms with Gasteiger partial charge < -0.3 is 16.2 Å². The highest BCUT2D eigenvalue weighted by atomic mass is 127. The molecule has 0 aliphatic carbocycles. The van der Waals surface area contributed by atoms with Gasteiger partial charge in [-0.1, -0.05) is 38.3 Å². The highest BCUT2D eigenvalue weighted by Crippen LogP contribution is 2.13. The Morgan fingerprint density at radius 3 is 2.57 bits per heavy atom. The second kappa shape index (κ2) is 11.7. The monoisotopic (exact) mass is 409 g/mol. The predicted molar refractivity (Wildman–Crippen MR) is 95.4 cm³/mol. The molecule has 1 aromatic carbocycles. The quantitative estimate of drug-likeness (QED) is 0.268. The Kier molecular flexibility index (Phi) is 11.2. The molecule has 0 aromatic heterocycles. The molecule has 1 aromatic rings. The lowest BCUT2D eigenvalue weighted by Gasteiger charge is -2.09. The molecule has 0 bridgehead atoms. The number of halogens is 2. The fourth-order valence-corrected chi connectivity index (χ4v) is 1.80. The van der Waals surface area contributed by atoms with E-state index < -0.39 is 6.10 Å². The van der Waals surface area contributed by atoms with Gasteiger partial charge in [-0.15, -0.1) is 24.0 Å². The van der Waals surface area contributed by atoms with E-state index in [1.54, 1.807) is 12.1 Å². The maximum Gasteiger partial charge on any atom is 0.188 e. The second-order valence-corrected chi connectivity index (χ2v) is 4.78. The normalized spacial score (nSPS) is 12.6. The largest absolute Gasteiger partial charge is 0.386 e. The van der Waals surface area contributed by atoms with E-state index in [1.165, 1.54) is 31.4 Å². The van der Waals surface area contributed by atoms with Gasteiger partial charge in [-0.05, 0) is 24.1 Å². The number of unbranched alkanes of at least 4 members (excludes halogenated alkanes) is 3. The van der Waals surface area contributed by atoms with Crippen LogP contribution < -0.4 is 11.1 Å². The van der Waals surface area contributed by atoms with Gasteiger partial charge in [0.15, 0.2) is 5.96 Å². The number of nitrogens with two attached hydrogens (primary N) is 1. The Hall–Kier alpha value is -0.890. The Morgan fingerprint density at radius 2 is 1.95 bits per heavy atom. The fourth-order valence-electron chi connectivity index (χ4n) is 1.80. The molecule has 0 saturated heterocycles. The number of guanidine groups is 1. The summed E-state index contributed by atoms with van der Waals surface area (Å²) in [5.41, 5.74) is 6.34. The van der Waals surface area contributed by atoms with Crippen LogP contribution in [0, 0.1) is 5.82 Å². The molecule has 0 amide bonds. The molecule has 0 aliphatic rings. The third-order valence-electron chi connectivity index (χ3n) is 3.03. The average Bonchev–Trinajstić information content (AvgIpc) is 2.45. The molecule has 0 saturated carbocycles. The summed E-state index contributed by atoms with van der Waals surface area (Å²) in [6.45, 7) is 3.13. The van der Waals surface area contributed by atoms with Gasteiger partial charge in [0.25, 0.3) is 0 Å². The van der Waals surface area contributed by atoms with Crippen molar-refractivity contribution in [3.63, 3.8) is 0 Å². The molecule has 1 rings (SSSR count). The van der Waals surface area contributed by atoms with Crippen LogP contribution in [0.15, 0.2) is 29.3 Å². The van der Waals surface area contributed by atoms with Gasteiger partial charge in [0.2, 0.25) is 0 Å². The topological polar surface area (TPSA) is 70.6 Å². The first-order valence-corrected chi connectivity index (χ1v) is 7.10. The molecule has 6 heteroatoms. The molecule has 1 unspecified atom stereocenters.